The van der Waals surface area contributed by atoms with Crippen LogP contribution >= 0.6 is 0 Å². The third-order valence-electron chi connectivity index (χ3n) is 13.2. The molecule has 1 fully saturated rings. The second kappa shape index (κ2) is 22.3. The Bertz CT molecular complexity index is 2450. The van der Waals surface area contributed by atoms with Crippen LogP contribution in [-0.4, -0.2) is 78.4 Å². The molecule has 1 saturated heterocycles. The molecule has 0 spiro atoms. The number of Topliss-reactive ketones (excluding diaryl/α,β-unsaturated/α-hetero) is 1. The van der Waals surface area contributed by atoms with Crippen LogP contribution in [0.2, 0.25) is 19.1 Å². The average molecular weight is 914 g/mol. The number of carbonyl (C=O) groups is 3. The highest BCUT2D eigenvalue weighted by Gasteiger charge is 2.46. The number of methoxy groups -OCH3 is 1. The molecule has 66 heavy (non-hydrogen) atoms. The number of carbonyl (C=O) groups excluding carboxylic acids is 3. The lowest BCUT2D eigenvalue weighted by Crippen LogP contribution is -2.44. The molecule has 1 N–H and O–H groups in total. The van der Waals surface area contributed by atoms with Gasteiger partial charge >= 0.3 is 6.09 Å². The second-order valence-corrected chi connectivity index (χ2v) is 24.1. The first-order valence-electron chi connectivity index (χ1n) is 23.9. The molecule has 3 unspecified atom stereocenters. The quantitative estimate of drug-likeness (QED) is 0.0497. The van der Waals surface area contributed by atoms with Gasteiger partial charge in [0.2, 0.25) is 5.91 Å². The van der Waals surface area contributed by atoms with Crippen molar-refractivity contribution in [2.45, 2.75) is 125 Å². The van der Waals surface area contributed by atoms with E-state index in [1.807, 2.05) is 62.5 Å². The van der Waals surface area contributed by atoms with Crippen LogP contribution in [-0.2, 0) is 14.3 Å². The van der Waals surface area contributed by atoms with Crippen molar-refractivity contribution >= 4 is 42.9 Å². The van der Waals surface area contributed by atoms with Crippen LogP contribution in [0.1, 0.15) is 121 Å². The number of ketones is 1. The molecule has 0 radical (unpaired) electrons. The van der Waals surface area contributed by atoms with Crippen LogP contribution in [0.25, 0.3) is 16.8 Å². The lowest BCUT2D eigenvalue weighted by Gasteiger charge is -2.35. The number of rotatable bonds is 19. The third-order valence-corrected chi connectivity index (χ3v) is 15.9. The minimum Gasteiger partial charge on any atom is -0.451 e. The standard InChI is InChI=1S/C54H71N5O6Si/c1-12-39(32-55-38(8)36(6)21-17-15-20-24-45(60)50(35(4)5)57-54(62)63-9)41-25-27-46-48(30-41)64-47-28-26-42(31-49(47)65-46)43-29-37(7)51(56-43)44-33-66(10,11)34-59(44)53(61)52(58(13-2)14-3)40-22-18-16-19-23-40/h16,18-19,22-23,25-32,35-36,44,52,56H,12-15,17,20-21,24,33-34H2,1-11H3. The molecule has 3 aromatic carbocycles. The summed E-state index contributed by atoms with van der Waals surface area (Å²) < 4.78 is 17.6. The number of benzene rings is 3. The number of H-pyrrole nitrogens is 1. The van der Waals surface area contributed by atoms with Crippen molar-refractivity contribution in [2.24, 2.45) is 21.8 Å². The van der Waals surface area contributed by atoms with Crippen molar-refractivity contribution in [3.05, 3.63) is 101 Å². The van der Waals surface area contributed by atoms with Gasteiger partial charge in [-0.1, -0.05) is 104 Å². The van der Waals surface area contributed by atoms with Crippen LogP contribution in [0.4, 0.5) is 4.79 Å². The molecule has 4 aromatic rings. The van der Waals surface area contributed by atoms with Crippen molar-refractivity contribution in [1.29, 1.82) is 0 Å². The minimum absolute atomic E-state index is 0.0186. The predicted octanol–water partition coefficient (Wildman–Crippen LogP) is 13.3. The molecule has 3 heterocycles. The monoisotopic (exact) mass is 914 g/mol. The molecule has 2 amide bonds. The molecule has 3 atom stereocenters. The van der Waals surface area contributed by atoms with Crippen molar-refractivity contribution < 1.29 is 28.6 Å². The number of fused-ring (bicyclic) bond motifs is 2. The van der Waals surface area contributed by atoms with Gasteiger partial charge < -0.3 is 24.1 Å². The van der Waals surface area contributed by atoms with Gasteiger partial charge in [-0.15, -0.1) is 0 Å². The number of hydrogen-bond donors (Lipinski definition) is 1. The van der Waals surface area contributed by atoms with Crippen molar-refractivity contribution in [2.75, 3.05) is 26.4 Å². The molecule has 0 saturated carbocycles. The van der Waals surface area contributed by atoms with Crippen molar-refractivity contribution in [3.63, 3.8) is 0 Å². The molecule has 0 aliphatic carbocycles. The Labute approximate surface area is 393 Å². The number of hydrogen-bond acceptors (Lipinski definition) is 8. The van der Waals surface area contributed by atoms with E-state index >= 15 is 0 Å². The number of likely N-dealkylation sites (N-methyl/N-ethyl adjacent to an activating group) is 1. The third kappa shape index (κ3) is 11.9. The number of unbranched alkanes of at least 4 members (excludes halogenated alkanes) is 2. The number of aryl methyl sites for hydroxylation is 1. The number of aromatic amines is 1. The van der Waals surface area contributed by atoms with E-state index in [1.165, 1.54) is 7.11 Å². The van der Waals surface area contributed by atoms with Gasteiger partial charge in [0, 0.05) is 41.5 Å². The molecule has 6 rings (SSSR count). The molecular formula is C54H71N5O6Si. The molecule has 352 valence electrons. The number of ether oxygens (including phenoxy) is 3. The van der Waals surface area contributed by atoms with Crippen molar-refractivity contribution in [3.8, 4) is 34.3 Å². The van der Waals surface area contributed by atoms with Crippen LogP contribution < -0.4 is 9.47 Å². The number of aliphatic imine (C=N–C) groups is 2. The highest BCUT2D eigenvalue weighted by atomic mass is 28.3. The molecule has 0 bridgehead atoms. The number of aromatic nitrogens is 1. The second-order valence-electron chi connectivity index (χ2n) is 19.0. The maximum Gasteiger partial charge on any atom is 0.433 e. The topological polar surface area (TPSA) is 126 Å². The zero-order valence-electron chi connectivity index (χ0n) is 41.1. The highest BCUT2D eigenvalue weighted by Crippen LogP contribution is 2.48. The number of nitrogens with one attached hydrogen (secondary N) is 1. The van der Waals surface area contributed by atoms with E-state index in [1.54, 1.807) is 0 Å². The smallest absolute Gasteiger partial charge is 0.433 e. The zero-order valence-corrected chi connectivity index (χ0v) is 42.1. The summed E-state index contributed by atoms with van der Waals surface area (Å²) in [5.74, 6) is 2.86. The largest absolute Gasteiger partial charge is 0.451 e. The fraction of sp³-hybridized carbons (Fsp3) is 0.463. The Morgan fingerprint density at radius 3 is 2.24 bits per heavy atom. The Hall–Kier alpha value is -5.59. The highest BCUT2D eigenvalue weighted by molar-refractivity contribution is 6.78. The fourth-order valence-electron chi connectivity index (χ4n) is 9.26. The lowest BCUT2D eigenvalue weighted by molar-refractivity contribution is -0.138. The first-order chi connectivity index (χ1) is 31.6. The summed E-state index contributed by atoms with van der Waals surface area (Å²) in [4.78, 5) is 56.0. The maximum absolute atomic E-state index is 14.7. The van der Waals surface area contributed by atoms with Crippen LogP contribution in [0.3, 0.4) is 0 Å². The Balaban J connectivity index is 1.10. The van der Waals surface area contributed by atoms with Gasteiger partial charge in [0.15, 0.2) is 28.8 Å². The van der Waals surface area contributed by atoms with E-state index in [2.05, 4.69) is 109 Å². The van der Waals surface area contributed by atoms with E-state index in [9.17, 15) is 14.4 Å². The molecule has 2 aliphatic rings. The van der Waals surface area contributed by atoms with Gasteiger partial charge in [-0.25, -0.2) is 4.79 Å². The van der Waals surface area contributed by atoms with E-state index in [0.717, 1.165) is 102 Å². The molecular weight excluding hydrogens is 843 g/mol. The summed E-state index contributed by atoms with van der Waals surface area (Å²) in [5.41, 5.74) is 8.72. The lowest BCUT2D eigenvalue weighted by atomic mass is 9.96. The number of amides is 2. The Morgan fingerprint density at radius 1 is 0.909 bits per heavy atom. The number of allylic oxidation sites excluding steroid dienone is 1. The molecule has 12 heteroatoms. The van der Waals surface area contributed by atoms with Crippen LogP contribution in [0.5, 0.6) is 23.0 Å². The van der Waals surface area contributed by atoms with Gasteiger partial charge in [0.05, 0.1) is 26.9 Å². The molecule has 2 aliphatic heterocycles. The first-order valence-corrected chi connectivity index (χ1v) is 27.4. The van der Waals surface area contributed by atoms with E-state index in [4.69, 9.17) is 14.5 Å². The number of nitrogens with zero attached hydrogens (tertiary/aromatic N) is 4. The Kier molecular flexibility index (Phi) is 16.8. The van der Waals surface area contributed by atoms with E-state index in [0.29, 0.717) is 29.4 Å². The predicted molar refractivity (Wildman–Crippen MR) is 270 cm³/mol. The normalized spacial score (nSPS) is 17.0. The maximum atomic E-state index is 14.7. The minimum atomic E-state index is -1.71. The van der Waals surface area contributed by atoms with Gasteiger partial charge in [-0.3, -0.25) is 19.5 Å². The summed E-state index contributed by atoms with van der Waals surface area (Å²) in [5, 5.41) is 0. The Morgan fingerprint density at radius 2 is 1.59 bits per heavy atom. The fourth-order valence-corrected chi connectivity index (χ4v) is 12.2. The average Bonchev–Trinajstić information content (AvgIpc) is 3.86. The van der Waals surface area contributed by atoms with E-state index in [-0.39, 0.29) is 41.3 Å². The molecule has 11 nitrogen and oxygen atoms in total. The van der Waals surface area contributed by atoms with E-state index < -0.39 is 14.2 Å². The summed E-state index contributed by atoms with van der Waals surface area (Å²) in [6.07, 6.45) is 6.82. The van der Waals surface area contributed by atoms with Gasteiger partial charge in [0.1, 0.15) is 6.04 Å². The van der Waals surface area contributed by atoms with Gasteiger partial charge in [0.25, 0.3) is 0 Å². The summed E-state index contributed by atoms with van der Waals surface area (Å²) in [7, 11) is -0.444. The summed E-state index contributed by atoms with van der Waals surface area (Å²) in [6.45, 7) is 22.9. The zero-order chi connectivity index (χ0) is 47.7. The van der Waals surface area contributed by atoms with Crippen LogP contribution in [0.15, 0.2) is 89.0 Å². The SMILES string of the molecule is CCC(=CN=C(C)C(C)CCCCCC(=O)C(=NC(=O)OC)C(C)C)c1ccc2c(c1)Oc1ccc(-c3cc(C)c(C4C[Si](C)(C)CN4C(=O)C(c4ccccc4)N(CC)CC)[nH]3)cc1O2. The van der Waals surface area contributed by atoms with Crippen LogP contribution in [0, 0.1) is 18.8 Å². The molecule has 1 aromatic heterocycles. The summed E-state index contributed by atoms with van der Waals surface area (Å²) in [6, 6.07) is 25.2. The van der Waals surface area contributed by atoms with Gasteiger partial charge in [-0.05, 0) is 123 Å². The summed E-state index contributed by atoms with van der Waals surface area (Å²) >= 11 is 0. The first kappa shape index (κ1) is 49.8. The van der Waals surface area contributed by atoms with Crippen molar-refractivity contribution in [1.82, 2.24) is 14.8 Å². The van der Waals surface area contributed by atoms with Gasteiger partial charge in [-0.2, -0.15) is 4.99 Å².